The summed E-state index contributed by atoms with van der Waals surface area (Å²) in [6.45, 7) is 13.5. The second kappa shape index (κ2) is 13.8. The van der Waals surface area contributed by atoms with E-state index in [0.717, 1.165) is 44.9 Å². The maximum Gasteiger partial charge on any atom is 0.164 e. The summed E-state index contributed by atoms with van der Waals surface area (Å²) in [4.78, 5) is 17.0. The lowest BCUT2D eigenvalue weighted by molar-refractivity contribution is 0.590. The summed E-state index contributed by atoms with van der Waals surface area (Å²) in [5, 5.41) is 0. The largest absolute Gasteiger partial charge is 0.311 e. The van der Waals surface area contributed by atoms with E-state index in [0.29, 0.717) is 17.5 Å². The Morgan fingerprint density at radius 2 is 0.588 bits per heavy atom. The third-order valence-corrected chi connectivity index (χ3v) is 9.28. The Morgan fingerprint density at radius 1 is 0.314 bits per heavy atom. The van der Waals surface area contributed by atoms with Crippen LogP contribution in [-0.2, 0) is 10.8 Å². The van der Waals surface area contributed by atoms with Gasteiger partial charge >= 0.3 is 0 Å². The molecule has 51 heavy (non-hydrogen) atoms. The third kappa shape index (κ3) is 7.51. The molecule has 0 saturated carbocycles. The fourth-order valence-corrected chi connectivity index (χ4v) is 6.22. The lowest BCUT2D eigenvalue weighted by Crippen LogP contribution is -2.14. The molecular formula is C47H44N4. The van der Waals surface area contributed by atoms with E-state index < -0.39 is 0 Å². The van der Waals surface area contributed by atoms with Crippen molar-refractivity contribution in [3.05, 3.63) is 169 Å². The molecule has 252 valence electrons. The van der Waals surface area contributed by atoms with Gasteiger partial charge in [0.2, 0.25) is 0 Å². The van der Waals surface area contributed by atoms with E-state index in [9.17, 15) is 0 Å². The van der Waals surface area contributed by atoms with Crippen LogP contribution in [0.4, 0.5) is 17.1 Å². The zero-order valence-corrected chi connectivity index (χ0v) is 30.3. The predicted molar refractivity (Wildman–Crippen MR) is 214 cm³/mol. The van der Waals surface area contributed by atoms with Crippen LogP contribution in [0, 0.1) is 0 Å². The van der Waals surface area contributed by atoms with Gasteiger partial charge < -0.3 is 4.90 Å². The monoisotopic (exact) mass is 664 g/mol. The molecule has 0 aliphatic heterocycles. The van der Waals surface area contributed by atoms with Crippen molar-refractivity contribution in [2.45, 2.75) is 52.4 Å². The highest BCUT2D eigenvalue weighted by Crippen LogP contribution is 2.38. The van der Waals surface area contributed by atoms with Crippen molar-refractivity contribution in [1.82, 2.24) is 15.0 Å². The molecule has 0 aliphatic rings. The van der Waals surface area contributed by atoms with Crippen molar-refractivity contribution in [3.8, 4) is 45.3 Å². The molecule has 7 rings (SSSR count). The Kier molecular flexibility index (Phi) is 9.10. The van der Waals surface area contributed by atoms with Gasteiger partial charge in [0.1, 0.15) is 0 Å². The van der Waals surface area contributed by atoms with Gasteiger partial charge in [-0.25, -0.2) is 15.0 Å². The standard InChI is InChI=1S/C47H44N4/c1-46(2,3)38-23-29-41(30-24-38)51(42-31-25-39(26-32-42)47(4,5)6)40-27-21-34(22-28-40)33-17-19-37(20-18-33)45-49-43(35-13-9-7-10-14-35)48-44(50-45)36-15-11-8-12-16-36/h7-32H,1-6H3. The second-order valence-corrected chi connectivity index (χ2v) is 15.1. The lowest BCUT2D eigenvalue weighted by Gasteiger charge is -2.28. The van der Waals surface area contributed by atoms with Crippen LogP contribution in [0.25, 0.3) is 45.3 Å². The van der Waals surface area contributed by atoms with Gasteiger partial charge in [0.05, 0.1) is 0 Å². The van der Waals surface area contributed by atoms with Crippen LogP contribution in [0.15, 0.2) is 158 Å². The van der Waals surface area contributed by atoms with Gasteiger partial charge in [-0.2, -0.15) is 0 Å². The van der Waals surface area contributed by atoms with Crippen molar-refractivity contribution in [2.24, 2.45) is 0 Å². The van der Waals surface area contributed by atoms with Gasteiger partial charge in [-0.1, -0.05) is 163 Å². The van der Waals surface area contributed by atoms with Crippen LogP contribution in [0.2, 0.25) is 0 Å². The van der Waals surface area contributed by atoms with E-state index in [1.807, 2.05) is 60.7 Å². The zero-order chi connectivity index (χ0) is 35.6. The highest BCUT2D eigenvalue weighted by Gasteiger charge is 2.19. The number of benzene rings is 6. The molecule has 0 unspecified atom stereocenters. The third-order valence-electron chi connectivity index (χ3n) is 9.28. The van der Waals surface area contributed by atoms with Gasteiger partial charge in [0, 0.05) is 33.8 Å². The first-order valence-corrected chi connectivity index (χ1v) is 17.6. The summed E-state index contributed by atoms with van der Waals surface area (Å²) < 4.78 is 0. The fraction of sp³-hybridized carbons (Fsp3) is 0.170. The molecule has 0 spiro atoms. The lowest BCUT2D eigenvalue weighted by atomic mass is 9.86. The first kappa shape index (κ1) is 33.6. The van der Waals surface area contributed by atoms with Gasteiger partial charge in [-0.3, -0.25) is 0 Å². The average molecular weight is 665 g/mol. The van der Waals surface area contributed by atoms with E-state index in [2.05, 4.69) is 144 Å². The molecule has 0 fully saturated rings. The van der Waals surface area contributed by atoms with Crippen LogP contribution < -0.4 is 4.90 Å². The first-order chi connectivity index (χ1) is 24.5. The van der Waals surface area contributed by atoms with E-state index in [4.69, 9.17) is 15.0 Å². The Balaban J connectivity index is 1.20. The summed E-state index contributed by atoms with van der Waals surface area (Å²) in [7, 11) is 0. The highest BCUT2D eigenvalue weighted by molar-refractivity contribution is 5.79. The minimum Gasteiger partial charge on any atom is -0.311 e. The Morgan fingerprint density at radius 3 is 0.922 bits per heavy atom. The van der Waals surface area contributed by atoms with Crippen LogP contribution in [0.1, 0.15) is 52.7 Å². The number of aromatic nitrogens is 3. The van der Waals surface area contributed by atoms with E-state index in [1.54, 1.807) is 0 Å². The normalized spacial score (nSPS) is 11.7. The van der Waals surface area contributed by atoms with Crippen molar-refractivity contribution in [1.29, 1.82) is 0 Å². The van der Waals surface area contributed by atoms with Crippen molar-refractivity contribution in [3.63, 3.8) is 0 Å². The number of nitrogens with zero attached hydrogens (tertiary/aromatic N) is 4. The van der Waals surface area contributed by atoms with Crippen molar-refractivity contribution in [2.75, 3.05) is 4.90 Å². The van der Waals surface area contributed by atoms with E-state index in [1.165, 1.54) is 11.1 Å². The van der Waals surface area contributed by atoms with E-state index >= 15 is 0 Å². The number of hydrogen-bond acceptors (Lipinski definition) is 4. The smallest absolute Gasteiger partial charge is 0.164 e. The molecule has 0 bridgehead atoms. The second-order valence-electron chi connectivity index (χ2n) is 15.1. The molecule has 7 aromatic rings. The molecule has 0 saturated heterocycles. The number of rotatable bonds is 7. The first-order valence-electron chi connectivity index (χ1n) is 17.6. The molecule has 6 aromatic carbocycles. The minimum atomic E-state index is 0.0901. The molecule has 0 atom stereocenters. The topological polar surface area (TPSA) is 41.9 Å². The van der Waals surface area contributed by atoms with Crippen LogP contribution >= 0.6 is 0 Å². The minimum absolute atomic E-state index is 0.0901. The number of hydrogen-bond donors (Lipinski definition) is 0. The Labute approximate surface area is 302 Å². The van der Waals surface area contributed by atoms with Gasteiger partial charge in [-0.15, -0.1) is 0 Å². The van der Waals surface area contributed by atoms with Gasteiger partial charge in [0.15, 0.2) is 17.5 Å². The molecule has 0 aliphatic carbocycles. The molecule has 0 N–H and O–H groups in total. The molecule has 0 radical (unpaired) electrons. The quantitative estimate of drug-likeness (QED) is 0.170. The van der Waals surface area contributed by atoms with Gasteiger partial charge in [-0.05, 0) is 69.5 Å². The van der Waals surface area contributed by atoms with Crippen LogP contribution in [0.3, 0.4) is 0 Å². The van der Waals surface area contributed by atoms with Gasteiger partial charge in [0.25, 0.3) is 0 Å². The van der Waals surface area contributed by atoms with E-state index in [-0.39, 0.29) is 10.8 Å². The SMILES string of the molecule is CC(C)(C)c1ccc(N(c2ccc(-c3ccc(-c4nc(-c5ccccc5)nc(-c5ccccc5)n4)cc3)cc2)c2ccc(C(C)(C)C)cc2)cc1. The van der Waals surface area contributed by atoms with Crippen molar-refractivity contribution < 1.29 is 0 Å². The summed E-state index contributed by atoms with van der Waals surface area (Å²) in [6, 6.07) is 55.4. The molecular weight excluding hydrogens is 621 g/mol. The maximum absolute atomic E-state index is 4.90. The van der Waals surface area contributed by atoms with Crippen molar-refractivity contribution >= 4 is 17.1 Å². The van der Waals surface area contributed by atoms with Crippen LogP contribution in [-0.4, -0.2) is 15.0 Å². The summed E-state index contributed by atoms with van der Waals surface area (Å²) >= 11 is 0. The summed E-state index contributed by atoms with van der Waals surface area (Å²) in [5.74, 6) is 1.96. The molecule has 4 heteroatoms. The number of anilines is 3. The maximum atomic E-state index is 4.90. The average Bonchev–Trinajstić information content (AvgIpc) is 3.15. The summed E-state index contributed by atoms with van der Waals surface area (Å²) in [6.07, 6.45) is 0. The summed E-state index contributed by atoms with van der Waals surface area (Å²) in [5.41, 5.74) is 11.3. The van der Waals surface area contributed by atoms with Crippen LogP contribution in [0.5, 0.6) is 0 Å². The molecule has 1 aromatic heterocycles. The molecule has 4 nitrogen and oxygen atoms in total. The Hall–Kier alpha value is -5.87. The predicted octanol–water partition coefficient (Wildman–Crippen LogP) is 12.6. The fourth-order valence-electron chi connectivity index (χ4n) is 6.22. The molecule has 1 heterocycles. The zero-order valence-electron chi connectivity index (χ0n) is 30.3. The molecule has 0 amide bonds. The Bertz CT molecular complexity index is 2100. The highest BCUT2D eigenvalue weighted by atomic mass is 15.1.